The first-order chi connectivity index (χ1) is 11.6. The number of hydrogen-bond donors (Lipinski definition) is 3. The van der Waals surface area contributed by atoms with Crippen molar-refractivity contribution in [2.45, 2.75) is 32.2 Å². The standard InChI is InChI=1S/C19H23N3O2/c1-19(13-23)10-2-3-17(19)22-18(24)14-4-6-15(7-5-14)21-16-8-11-20-12-9-16/h4-9,11-12,17,23H,2-3,10,13H2,1H3,(H,20,21)(H,22,24). The molecule has 1 heterocycles. The molecule has 24 heavy (non-hydrogen) atoms. The van der Waals surface area contributed by atoms with E-state index in [0.29, 0.717) is 5.56 Å². The molecule has 3 N–H and O–H groups in total. The third-order valence-electron chi connectivity index (χ3n) is 4.86. The van der Waals surface area contributed by atoms with E-state index in [1.807, 2.05) is 43.3 Å². The van der Waals surface area contributed by atoms with Gasteiger partial charge in [0.15, 0.2) is 0 Å². The van der Waals surface area contributed by atoms with Gasteiger partial charge in [-0.15, -0.1) is 0 Å². The predicted octanol–water partition coefficient (Wildman–Crippen LogP) is 3.11. The quantitative estimate of drug-likeness (QED) is 0.790. The SMILES string of the molecule is CC1(CO)CCCC1NC(=O)c1ccc(Nc2ccncc2)cc1. The molecule has 0 bridgehead atoms. The van der Waals surface area contributed by atoms with Crippen LogP contribution in [-0.4, -0.2) is 28.6 Å². The first-order valence-electron chi connectivity index (χ1n) is 8.29. The molecule has 5 heteroatoms. The Morgan fingerprint density at radius 1 is 1.21 bits per heavy atom. The first kappa shape index (κ1) is 16.5. The Morgan fingerprint density at radius 3 is 2.54 bits per heavy atom. The second-order valence-electron chi connectivity index (χ2n) is 6.67. The molecule has 0 aliphatic heterocycles. The molecule has 2 aromatic rings. The molecule has 1 amide bonds. The van der Waals surface area contributed by atoms with Crippen molar-refractivity contribution in [3.63, 3.8) is 0 Å². The lowest BCUT2D eigenvalue weighted by atomic mass is 9.85. The fraction of sp³-hybridized carbons (Fsp3) is 0.368. The molecule has 0 spiro atoms. The second kappa shape index (κ2) is 7.01. The largest absolute Gasteiger partial charge is 0.396 e. The Hall–Kier alpha value is -2.40. The van der Waals surface area contributed by atoms with E-state index < -0.39 is 0 Å². The number of aromatic nitrogens is 1. The Bertz CT molecular complexity index is 688. The Balaban J connectivity index is 1.64. The summed E-state index contributed by atoms with van der Waals surface area (Å²) in [5.41, 5.74) is 2.28. The van der Waals surface area contributed by atoms with E-state index in [9.17, 15) is 9.90 Å². The van der Waals surface area contributed by atoms with Gasteiger partial charge in [-0.3, -0.25) is 9.78 Å². The van der Waals surface area contributed by atoms with Gasteiger partial charge >= 0.3 is 0 Å². The number of carbonyl (C=O) groups is 1. The number of nitrogens with zero attached hydrogens (tertiary/aromatic N) is 1. The van der Waals surface area contributed by atoms with E-state index in [1.165, 1.54) is 0 Å². The van der Waals surface area contributed by atoms with E-state index in [4.69, 9.17) is 0 Å². The number of aliphatic hydroxyl groups is 1. The smallest absolute Gasteiger partial charge is 0.251 e. The van der Waals surface area contributed by atoms with Crippen LogP contribution in [-0.2, 0) is 0 Å². The summed E-state index contributed by atoms with van der Waals surface area (Å²) in [5.74, 6) is -0.0861. The van der Waals surface area contributed by atoms with Crippen molar-refractivity contribution in [3.05, 3.63) is 54.4 Å². The molecule has 0 radical (unpaired) electrons. The molecule has 2 unspecified atom stereocenters. The average Bonchev–Trinajstić information content (AvgIpc) is 2.98. The summed E-state index contributed by atoms with van der Waals surface area (Å²) in [4.78, 5) is 16.4. The molecule has 3 rings (SSSR count). The Labute approximate surface area is 142 Å². The zero-order valence-electron chi connectivity index (χ0n) is 13.8. The lowest BCUT2D eigenvalue weighted by molar-refractivity contribution is 0.0830. The number of benzene rings is 1. The zero-order valence-corrected chi connectivity index (χ0v) is 13.8. The number of rotatable bonds is 5. The number of amides is 1. The summed E-state index contributed by atoms with van der Waals surface area (Å²) in [7, 11) is 0. The van der Waals surface area contributed by atoms with Gasteiger partial charge in [0.2, 0.25) is 0 Å². The molecule has 1 fully saturated rings. The molecule has 126 valence electrons. The predicted molar refractivity (Wildman–Crippen MR) is 94.3 cm³/mol. The van der Waals surface area contributed by atoms with Gasteiger partial charge in [0.25, 0.3) is 5.91 Å². The molecule has 2 atom stereocenters. The van der Waals surface area contributed by atoms with Crippen LogP contribution in [0, 0.1) is 5.41 Å². The van der Waals surface area contributed by atoms with Crippen molar-refractivity contribution in [1.82, 2.24) is 10.3 Å². The number of hydrogen-bond acceptors (Lipinski definition) is 4. The molecule has 1 aliphatic carbocycles. The summed E-state index contributed by atoms with van der Waals surface area (Å²) in [6, 6.07) is 11.2. The van der Waals surface area contributed by atoms with Crippen LogP contribution in [0.1, 0.15) is 36.5 Å². The van der Waals surface area contributed by atoms with Gasteiger partial charge in [0.05, 0.1) is 6.61 Å². The maximum absolute atomic E-state index is 12.5. The van der Waals surface area contributed by atoms with Crippen molar-refractivity contribution in [2.24, 2.45) is 5.41 Å². The minimum Gasteiger partial charge on any atom is -0.396 e. The van der Waals surface area contributed by atoms with Crippen molar-refractivity contribution >= 4 is 17.3 Å². The summed E-state index contributed by atoms with van der Waals surface area (Å²) >= 11 is 0. The van der Waals surface area contributed by atoms with Gasteiger partial charge in [-0.2, -0.15) is 0 Å². The molecule has 0 saturated heterocycles. The third-order valence-corrected chi connectivity index (χ3v) is 4.86. The number of anilines is 2. The maximum atomic E-state index is 12.5. The van der Waals surface area contributed by atoms with Crippen LogP contribution in [0.2, 0.25) is 0 Å². The zero-order chi connectivity index (χ0) is 17.0. The molecular weight excluding hydrogens is 302 g/mol. The van der Waals surface area contributed by atoms with Crippen molar-refractivity contribution in [3.8, 4) is 0 Å². The molecule has 1 saturated carbocycles. The number of carbonyl (C=O) groups excluding carboxylic acids is 1. The topological polar surface area (TPSA) is 74.2 Å². The minimum atomic E-state index is -0.210. The van der Waals surface area contributed by atoms with Gasteiger partial charge in [0, 0.05) is 40.8 Å². The second-order valence-corrected chi connectivity index (χ2v) is 6.67. The number of aliphatic hydroxyl groups excluding tert-OH is 1. The molecule has 1 aromatic heterocycles. The average molecular weight is 325 g/mol. The van der Waals surface area contributed by atoms with Crippen LogP contribution >= 0.6 is 0 Å². The van der Waals surface area contributed by atoms with E-state index >= 15 is 0 Å². The highest BCUT2D eigenvalue weighted by Crippen LogP contribution is 2.37. The molecule has 5 nitrogen and oxygen atoms in total. The van der Waals surface area contributed by atoms with Crippen LogP contribution in [0.3, 0.4) is 0 Å². The van der Waals surface area contributed by atoms with E-state index in [0.717, 1.165) is 30.6 Å². The summed E-state index contributed by atoms with van der Waals surface area (Å²) in [6.07, 6.45) is 6.36. The lowest BCUT2D eigenvalue weighted by Crippen LogP contribution is -2.44. The van der Waals surface area contributed by atoms with E-state index in [2.05, 4.69) is 15.6 Å². The van der Waals surface area contributed by atoms with Gasteiger partial charge in [-0.1, -0.05) is 13.3 Å². The highest BCUT2D eigenvalue weighted by Gasteiger charge is 2.39. The molecular formula is C19H23N3O2. The minimum absolute atomic E-state index is 0.0321. The van der Waals surface area contributed by atoms with Crippen molar-refractivity contribution in [1.29, 1.82) is 0 Å². The van der Waals surface area contributed by atoms with Crippen LogP contribution in [0.25, 0.3) is 0 Å². The van der Waals surface area contributed by atoms with Gasteiger partial charge in [-0.05, 0) is 49.2 Å². The number of pyridine rings is 1. The number of nitrogens with one attached hydrogen (secondary N) is 2. The maximum Gasteiger partial charge on any atom is 0.251 e. The van der Waals surface area contributed by atoms with Crippen molar-refractivity contribution < 1.29 is 9.90 Å². The monoisotopic (exact) mass is 325 g/mol. The fourth-order valence-electron chi connectivity index (χ4n) is 3.22. The first-order valence-corrected chi connectivity index (χ1v) is 8.29. The van der Waals surface area contributed by atoms with Crippen LogP contribution in [0.15, 0.2) is 48.8 Å². The van der Waals surface area contributed by atoms with Gasteiger partial charge < -0.3 is 15.7 Å². The Kier molecular flexibility index (Phi) is 4.81. The normalized spacial score (nSPS) is 23.0. The van der Waals surface area contributed by atoms with Gasteiger partial charge in [-0.25, -0.2) is 0 Å². The van der Waals surface area contributed by atoms with Crippen LogP contribution in [0.5, 0.6) is 0 Å². The molecule has 1 aliphatic rings. The highest BCUT2D eigenvalue weighted by molar-refractivity contribution is 5.94. The summed E-state index contributed by atoms with van der Waals surface area (Å²) < 4.78 is 0. The summed E-state index contributed by atoms with van der Waals surface area (Å²) in [6.45, 7) is 2.14. The highest BCUT2D eigenvalue weighted by atomic mass is 16.3. The van der Waals surface area contributed by atoms with Crippen molar-refractivity contribution in [2.75, 3.05) is 11.9 Å². The molecule has 1 aromatic carbocycles. The van der Waals surface area contributed by atoms with Crippen LogP contribution in [0.4, 0.5) is 11.4 Å². The van der Waals surface area contributed by atoms with E-state index in [1.54, 1.807) is 12.4 Å². The summed E-state index contributed by atoms with van der Waals surface area (Å²) in [5, 5.41) is 15.9. The Morgan fingerprint density at radius 2 is 1.88 bits per heavy atom. The van der Waals surface area contributed by atoms with Crippen LogP contribution < -0.4 is 10.6 Å². The van der Waals surface area contributed by atoms with E-state index in [-0.39, 0.29) is 24.0 Å². The fourth-order valence-corrected chi connectivity index (χ4v) is 3.22. The van der Waals surface area contributed by atoms with Gasteiger partial charge in [0.1, 0.15) is 0 Å². The third kappa shape index (κ3) is 3.57. The lowest BCUT2D eigenvalue weighted by Gasteiger charge is -2.30.